The molecule has 35 heavy (non-hydrogen) atoms. The number of hydrogen-bond acceptors (Lipinski definition) is 2. The predicted octanol–water partition coefficient (Wildman–Crippen LogP) is 9.21. The third kappa shape index (κ3) is 3.16. The van der Waals surface area contributed by atoms with Crippen LogP contribution in [-0.4, -0.2) is 12.1 Å². The second-order valence-corrected chi connectivity index (χ2v) is 16.6. The van der Waals surface area contributed by atoms with Gasteiger partial charge in [-0.05, 0) is 126 Å². The number of carbonyl (C=O) groups excluding carboxylic acids is 1. The molecule has 0 amide bonds. The van der Waals surface area contributed by atoms with Gasteiger partial charge in [-0.25, -0.2) is 0 Å². The van der Waals surface area contributed by atoms with Crippen LogP contribution in [-0.2, 0) is 9.53 Å². The highest BCUT2D eigenvalue weighted by atomic mass is 16.5. The van der Waals surface area contributed by atoms with Crippen molar-refractivity contribution in [1.82, 2.24) is 0 Å². The maximum absolute atomic E-state index is 11.9. The summed E-state index contributed by atoms with van der Waals surface area (Å²) in [6.07, 6.45) is 14.9. The number of carbonyl (C=O) groups is 1. The number of ether oxygens (including phenoxy) is 1. The van der Waals surface area contributed by atoms with Gasteiger partial charge in [0.05, 0.1) is 0 Å². The van der Waals surface area contributed by atoms with E-state index in [1.807, 2.05) is 0 Å². The molecule has 0 aromatic carbocycles. The van der Waals surface area contributed by atoms with Gasteiger partial charge in [-0.2, -0.15) is 0 Å². The smallest absolute Gasteiger partial charge is 0.302 e. The van der Waals surface area contributed by atoms with E-state index >= 15 is 0 Å². The Labute approximate surface area is 217 Å². The van der Waals surface area contributed by atoms with E-state index in [9.17, 15) is 4.79 Å². The molecule has 5 aliphatic rings. The molecule has 2 heteroatoms. The van der Waals surface area contributed by atoms with Crippen molar-refractivity contribution in [2.45, 2.75) is 146 Å². The van der Waals surface area contributed by atoms with E-state index in [0.717, 1.165) is 18.3 Å². The Hall–Kier alpha value is -0.530. The normalized spacial score (nSPS) is 57.2. The maximum Gasteiger partial charge on any atom is 0.302 e. The summed E-state index contributed by atoms with van der Waals surface area (Å²) in [6.45, 7) is 25.3. The van der Waals surface area contributed by atoms with Gasteiger partial charge in [-0.15, -0.1) is 0 Å². The Morgan fingerprint density at radius 3 is 1.89 bits per heavy atom. The summed E-state index contributed by atoms with van der Waals surface area (Å²) in [4.78, 5) is 11.9. The van der Waals surface area contributed by atoms with Crippen molar-refractivity contribution in [2.24, 2.45) is 55.7 Å². The lowest BCUT2D eigenvalue weighted by Gasteiger charge is -2.78. The molecule has 5 aliphatic carbocycles. The molecule has 0 bridgehead atoms. The van der Waals surface area contributed by atoms with Crippen LogP contribution >= 0.6 is 0 Å². The van der Waals surface area contributed by atoms with Crippen LogP contribution in [0, 0.1) is 55.7 Å². The standard InChI is InChI=1S/C33H56O2/c1-22-24(35-23(2)34)11-13-30(7)25-12-14-31(8)26-21-27(3,4)15-16-28(26,5)17-20-33(31,10)32(25,9)19-18-29(22,30)6/h22,24-26H,11-21H2,1-10H3. The molecule has 0 aromatic heterocycles. The predicted molar refractivity (Wildman–Crippen MR) is 145 cm³/mol. The largest absolute Gasteiger partial charge is 0.462 e. The number of esters is 1. The van der Waals surface area contributed by atoms with Crippen molar-refractivity contribution in [3.63, 3.8) is 0 Å². The first kappa shape index (κ1) is 26.1. The van der Waals surface area contributed by atoms with Gasteiger partial charge >= 0.3 is 5.97 Å². The molecule has 5 fully saturated rings. The first-order valence-electron chi connectivity index (χ1n) is 15.2. The minimum atomic E-state index is -0.101. The van der Waals surface area contributed by atoms with Crippen LogP contribution in [0.1, 0.15) is 140 Å². The molecule has 0 heterocycles. The van der Waals surface area contributed by atoms with Crippen LogP contribution in [0.5, 0.6) is 0 Å². The Bertz CT molecular complexity index is 892. The molecular formula is C33H56O2. The molecule has 10 unspecified atom stereocenters. The quantitative estimate of drug-likeness (QED) is 0.347. The Kier molecular flexibility index (Phi) is 5.61. The molecule has 200 valence electrons. The Morgan fingerprint density at radius 2 is 1.23 bits per heavy atom. The third-order valence-electron chi connectivity index (χ3n) is 15.2. The third-order valence-corrected chi connectivity index (χ3v) is 15.2. The Balaban J connectivity index is 1.53. The SMILES string of the molecule is CC(=O)OC1CCC2(C)C3CCC4(C)C5CC(C)(C)CCC5(C)CCC4(C)C3(C)CCC2(C)C1C. The van der Waals surface area contributed by atoms with Gasteiger partial charge in [0.25, 0.3) is 0 Å². The zero-order valence-corrected chi connectivity index (χ0v) is 24.9. The first-order chi connectivity index (χ1) is 16.0. The molecule has 0 aromatic rings. The monoisotopic (exact) mass is 484 g/mol. The summed E-state index contributed by atoms with van der Waals surface area (Å²) < 4.78 is 5.90. The fourth-order valence-electron chi connectivity index (χ4n) is 12.1. The minimum Gasteiger partial charge on any atom is -0.462 e. The highest BCUT2D eigenvalue weighted by molar-refractivity contribution is 5.66. The summed E-state index contributed by atoms with van der Waals surface area (Å²) in [7, 11) is 0. The molecule has 0 aliphatic heterocycles. The van der Waals surface area contributed by atoms with E-state index in [2.05, 4.69) is 62.3 Å². The van der Waals surface area contributed by atoms with Gasteiger partial charge in [0.15, 0.2) is 0 Å². The summed E-state index contributed by atoms with van der Waals surface area (Å²) in [5.41, 5.74) is 2.84. The topological polar surface area (TPSA) is 26.3 Å². The molecule has 5 rings (SSSR count). The molecule has 0 radical (unpaired) electrons. The minimum absolute atomic E-state index is 0.0965. The Morgan fingerprint density at radius 1 is 0.657 bits per heavy atom. The average molecular weight is 485 g/mol. The van der Waals surface area contributed by atoms with Crippen molar-refractivity contribution in [1.29, 1.82) is 0 Å². The lowest BCUT2D eigenvalue weighted by atomic mass is 9.27. The maximum atomic E-state index is 11.9. The van der Waals surface area contributed by atoms with Gasteiger partial charge in [0.2, 0.25) is 0 Å². The summed E-state index contributed by atoms with van der Waals surface area (Å²) in [5, 5.41) is 0. The van der Waals surface area contributed by atoms with E-state index in [1.54, 1.807) is 6.92 Å². The van der Waals surface area contributed by atoms with Crippen molar-refractivity contribution >= 4 is 5.97 Å². The highest BCUT2D eigenvalue weighted by Crippen LogP contribution is 2.81. The van der Waals surface area contributed by atoms with Crippen molar-refractivity contribution < 1.29 is 9.53 Å². The van der Waals surface area contributed by atoms with Crippen molar-refractivity contribution in [2.75, 3.05) is 0 Å². The van der Waals surface area contributed by atoms with E-state index in [1.165, 1.54) is 64.2 Å². The van der Waals surface area contributed by atoms with Crippen LogP contribution < -0.4 is 0 Å². The van der Waals surface area contributed by atoms with Gasteiger partial charge in [0.1, 0.15) is 6.10 Å². The zero-order chi connectivity index (χ0) is 25.9. The summed E-state index contributed by atoms with van der Waals surface area (Å²) >= 11 is 0. The second kappa shape index (κ2) is 7.53. The molecule has 5 saturated carbocycles. The first-order valence-corrected chi connectivity index (χ1v) is 15.2. The van der Waals surface area contributed by atoms with E-state index in [-0.39, 0.29) is 17.5 Å². The fourth-order valence-corrected chi connectivity index (χ4v) is 12.1. The van der Waals surface area contributed by atoms with E-state index in [4.69, 9.17) is 4.74 Å². The van der Waals surface area contributed by atoms with Crippen molar-refractivity contribution in [3.05, 3.63) is 0 Å². The summed E-state index contributed by atoms with van der Waals surface area (Å²) in [6, 6.07) is 0. The lowest BCUT2D eigenvalue weighted by Crippen LogP contribution is -2.71. The van der Waals surface area contributed by atoms with Crippen molar-refractivity contribution in [3.8, 4) is 0 Å². The number of hydrogen-bond donors (Lipinski definition) is 0. The fraction of sp³-hybridized carbons (Fsp3) is 0.970. The molecule has 2 nitrogen and oxygen atoms in total. The van der Waals surface area contributed by atoms with E-state index < -0.39 is 0 Å². The van der Waals surface area contributed by atoms with E-state index in [0.29, 0.717) is 38.4 Å². The van der Waals surface area contributed by atoms with Crippen LogP contribution in [0.2, 0.25) is 0 Å². The lowest BCUT2D eigenvalue weighted by molar-refractivity contribution is -0.294. The zero-order valence-electron chi connectivity index (χ0n) is 24.9. The molecule has 0 N–H and O–H groups in total. The number of fused-ring (bicyclic) bond motifs is 7. The average Bonchev–Trinajstić information content (AvgIpc) is 2.76. The van der Waals surface area contributed by atoms with Crippen LogP contribution in [0.4, 0.5) is 0 Å². The van der Waals surface area contributed by atoms with Crippen LogP contribution in [0.25, 0.3) is 0 Å². The van der Waals surface area contributed by atoms with Gasteiger partial charge in [-0.3, -0.25) is 4.79 Å². The molecular weight excluding hydrogens is 428 g/mol. The highest BCUT2D eigenvalue weighted by Gasteiger charge is 2.74. The van der Waals surface area contributed by atoms with Crippen LogP contribution in [0.3, 0.4) is 0 Å². The second-order valence-electron chi connectivity index (χ2n) is 16.6. The van der Waals surface area contributed by atoms with Gasteiger partial charge < -0.3 is 4.74 Å². The van der Waals surface area contributed by atoms with Gasteiger partial charge in [0, 0.05) is 6.92 Å². The molecule has 0 saturated heterocycles. The number of rotatable bonds is 1. The van der Waals surface area contributed by atoms with Gasteiger partial charge in [-0.1, -0.05) is 62.3 Å². The molecule has 10 atom stereocenters. The summed E-state index contributed by atoms with van der Waals surface area (Å²) in [5.74, 6) is 1.96. The van der Waals surface area contributed by atoms with Crippen LogP contribution in [0.15, 0.2) is 0 Å². The molecule has 0 spiro atoms.